The molecule has 4 nitrogen and oxygen atoms in total. The largest absolute Gasteiger partial charge is 0.475 e. The van der Waals surface area contributed by atoms with E-state index in [1.54, 1.807) is 6.07 Å². The zero-order chi connectivity index (χ0) is 14.0. The monoisotopic (exact) mass is 256 g/mol. The highest BCUT2D eigenvalue weighted by Gasteiger charge is 2.14. The number of rotatable bonds is 2. The maximum absolute atomic E-state index is 10.8. The predicted molar refractivity (Wildman–Crippen MR) is 73.1 cm³/mol. The van der Waals surface area contributed by atoms with Gasteiger partial charge in [0, 0.05) is 11.8 Å². The van der Waals surface area contributed by atoms with Crippen molar-refractivity contribution in [3.63, 3.8) is 0 Å². The van der Waals surface area contributed by atoms with Gasteiger partial charge in [-0.15, -0.1) is 0 Å². The van der Waals surface area contributed by atoms with Crippen LogP contribution >= 0.6 is 0 Å². The van der Waals surface area contributed by atoms with Crippen molar-refractivity contribution in [1.29, 1.82) is 0 Å². The highest BCUT2D eigenvalue weighted by Crippen LogP contribution is 2.25. The van der Waals surface area contributed by atoms with E-state index in [0.29, 0.717) is 5.69 Å². The molecule has 0 spiro atoms. The number of aromatic carboxylic acids is 1. The van der Waals surface area contributed by atoms with Gasteiger partial charge in [0.2, 0.25) is 5.82 Å². The van der Waals surface area contributed by atoms with E-state index in [4.69, 9.17) is 5.11 Å². The molecule has 0 fully saturated rings. The fourth-order valence-corrected chi connectivity index (χ4v) is 1.76. The second kappa shape index (κ2) is 4.80. The lowest BCUT2D eigenvalue weighted by atomic mass is 9.86. The van der Waals surface area contributed by atoms with Gasteiger partial charge in [-0.3, -0.25) is 0 Å². The number of aromatic nitrogens is 2. The summed E-state index contributed by atoms with van der Waals surface area (Å²) in [6, 6.07) is 9.69. The highest BCUT2D eigenvalue weighted by molar-refractivity contribution is 5.83. The molecule has 0 aliphatic rings. The molecule has 4 heteroatoms. The SMILES string of the molecule is CC(C)(C)c1ccc(-c2ccnc(C(=O)O)n2)cc1. The zero-order valence-electron chi connectivity index (χ0n) is 11.2. The molecule has 1 aromatic heterocycles. The maximum Gasteiger partial charge on any atom is 0.373 e. The van der Waals surface area contributed by atoms with Crippen LogP contribution in [0.2, 0.25) is 0 Å². The Morgan fingerprint density at radius 3 is 2.26 bits per heavy atom. The van der Waals surface area contributed by atoms with Crippen molar-refractivity contribution in [2.75, 3.05) is 0 Å². The molecule has 98 valence electrons. The lowest BCUT2D eigenvalue weighted by Crippen LogP contribution is -2.10. The first-order valence-electron chi connectivity index (χ1n) is 6.05. The summed E-state index contributed by atoms with van der Waals surface area (Å²) in [5.41, 5.74) is 2.82. The molecular formula is C15H16N2O2. The van der Waals surface area contributed by atoms with Gasteiger partial charge in [-0.05, 0) is 17.0 Å². The summed E-state index contributed by atoms with van der Waals surface area (Å²) in [6.07, 6.45) is 1.46. The molecule has 0 aliphatic heterocycles. The zero-order valence-corrected chi connectivity index (χ0v) is 11.2. The van der Waals surface area contributed by atoms with Crippen LogP contribution in [0.5, 0.6) is 0 Å². The van der Waals surface area contributed by atoms with Crippen molar-refractivity contribution >= 4 is 5.97 Å². The Morgan fingerprint density at radius 1 is 1.11 bits per heavy atom. The topological polar surface area (TPSA) is 63.1 Å². The highest BCUT2D eigenvalue weighted by atomic mass is 16.4. The minimum Gasteiger partial charge on any atom is -0.475 e. The van der Waals surface area contributed by atoms with Gasteiger partial charge in [-0.2, -0.15) is 0 Å². The number of hydrogen-bond donors (Lipinski definition) is 1. The molecule has 1 N–H and O–H groups in total. The van der Waals surface area contributed by atoms with Crippen molar-refractivity contribution in [3.8, 4) is 11.3 Å². The van der Waals surface area contributed by atoms with Crippen LogP contribution in [0.1, 0.15) is 37.0 Å². The van der Waals surface area contributed by atoms with Crippen LogP contribution in [0, 0.1) is 0 Å². The summed E-state index contributed by atoms with van der Waals surface area (Å²) in [7, 11) is 0. The molecule has 0 radical (unpaired) electrons. The Morgan fingerprint density at radius 2 is 1.74 bits per heavy atom. The van der Waals surface area contributed by atoms with Gasteiger partial charge in [0.05, 0.1) is 5.69 Å². The molecular weight excluding hydrogens is 240 g/mol. The van der Waals surface area contributed by atoms with Gasteiger partial charge in [-0.25, -0.2) is 14.8 Å². The Balaban J connectivity index is 2.37. The molecule has 0 bridgehead atoms. The van der Waals surface area contributed by atoms with Gasteiger partial charge in [0.25, 0.3) is 0 Å². The van der Waals surface area contributed by atoms with E-state index in [-0.39, 0.29) is 11.2 Å². The first kappa shape index (κ1) is 13.2. The second-order valence-corrected chi connectivity index (χ2v) is 5.40. The fourth-order valence-electron chi connectivity index (χ4n) is 1.76. The van der Waals surface area contributed by atoms with Crippen molar-refractivity contribution in [2.24, 2.45) is 0 Å². The first-order valence-corrected chi connectivity index (χ1v) is 6.05. The Bertz CT molecular complexity index is 598. The molecule has 1 aromatic carbocycles. The summed E-state index contributed by atoms with van der Waals surface area (Å²) in [6.45, 7) is 6.44. The Hall–Kier alpha value is -2.23. The lowest BCUT2D eigenvalue weighted by Gasteiger charge is -2.19. The molecule has 1 heterocycles. The van der Waals surface area contributed by atoms with Gasteiger partial charge in [0.1, 0.15) is 0 Å². The van der Waals surface area contributed by atoms with E-state index in [1.807, 2.05) is 24.3 Å². The van der Waals surface area contributed by atoms with Crippen LogP contribution in [-0.4, -0.2) is 21.0 Å². The third kappa shape index (κ3) is 2.96. The Labute approximate surface area is 112 Å². The second-order valence-electron chi connectivity index (χ2n) is 5.40. The van der Waals surface area contributed by atoms with E-state index >= 15 is 0 Å². The molecule has 19 heavy (non-hydrogen) atoms. The maximum atomic E-state index is 10.8. The van der Waals surface area contributed by atoms with Crippen LogP contribution in [-0.2, 0) is 5.41 Å². The van der Waals surface area contributed by atoms with Crippen molar-refractivity contribution in [2.45, 2.75) is 26.2 Å². The van der Waals surface area contributed by atoms with Crippen molar-refractivity contribution in [3.05, 3.63) is 47.9 Å². The number of carboxylic acids is 1. The molecule has 0 atom stereocenters. The van der Waals surface area contributed by atoms with Crippen molar-refractivity contribution in [1.82, 2.24) is 9.97 Å². The minimum absolute atomic E-state index is 0.0937. The molecule has 0 saturated heterocycles. The van der Waals surface area contributed by atoms with Crippen molar-refractivity contribution < 1.29 is 9.90 Å². The molecule has 0 saturated carbocycles. The molecule has 0 amide bonds. The van der Waals surface area contributed by atoms with Crippen LogP contribution in [0.25, 0.3) is 11.3 Å². The third-order valence-electron chi connectivity index (χ3n) is 2.89. The average Bonchev–Trinajstić information content (AvgIpc) is 2.38. The summed E-state index contributed by atoms with van der Waals surface area (Å²) < 4.78 is 0. The van der Waals surface area contributed by atoms with E-state index in [0.717, 1.165) is 5.56 Å². The summed E-state index contributed by atoms with van der Waals surface area (Å²) >= 11 is 0. The van der Waals surface area contributed by atoms with E-state index < -0.39 is 5.97 Å². The van der Waals surface area contributed by atoms with Crippen LogP contribution in [0.3, 0.4) is 0 Å². The molecule has 0 aliphatic carbocycles. The number of hydrogen-bond acceptors (Lipinski definition) is 3. The number of benzene rings is 1. The van der Waals surface area contributed by atoms with E-state index in [1.165, 1.54) is 11.8 Å². The molecule has 2 rings (SSSR count). The van der Waals surface area contributed by atoms with Gasteiger partial charge >= 0.3 is 5.97 Å². The van der Waals surface area contributed by atoms with E-state index in [2.05, 4.69) is 30.7 Å². The quantitative estimate of drug-likeness (QED) is 0.896. The third-order valence-corrected chi connectivity index (χ3v) is 2.89. The number of carbonyl (C=O) groups is 1. The van der Waals surface area contributed by atoms with Gasteiger partial charge in [0.15, 0.2) is 0 Å². The number of nitrogens with zero attached hydrogens (tertiary/aromatic N) is 2. The van der Waals surface area contributed by atoms with Crippen LogP contribution < -0.4 is 0 Å². The molecule has 2 aromatic rings. The predicted octanol–water partition coefficient (Wildman–Crippen LogP) is 3.14. The summed E-state index contributed by atoms with van der Waals surface area (Å²) in [4.78, 5) is 18.6. The standard InChI is InChI=1S/C15H16N2O2/c1-15(2,3)11-6-4-10(5-7-11)12-8-9-16-13(17-12)14(18)19/h4-9H,1-3H3,(H,18,19). The smallest absolute Gasteiger partial charge is 0.373 e. The van der Waals surface area contributed by atoms with Crippen LogP contribution in [0.4, 0.5) is 0 Å². The average molecular weight is 256 g/mol. The van der Waals surface area contributed by atoms with Crippen LogP contribution in [0.15, 0.2) is 36.5 Å². The summed E-state index contributed by atoms with van der Waals surface area (Å²) in [5, 5.41) is 8.88. The summed E-state index contributed by atoms with van der Waals surface area (Å²) in [5.74, 6) is -1.30. The first-order chi connectivity index (χ1) is 8.88. The van der Waals surface area contributed by atoms with Gasteiger partial charge in [-0.1, -0.05) is 45.0 Å². The normalized spacial score (nSPS) is 11.3. The Kier molecular flexibility index (Phi) is 3.34. The molecule has 0 unspecified atom stereocenters. The van der Waals surface area contributed by atoms with E-state index in [9.17, 15) is 4.79 Å². The number of carboxylic acid groups (broad SMARTS) is 1. The lowest BCUT2D eigenvalue weighted by molar-refractivity contribution is 0.0683. The minimum atomic E-state index is -1.12. The van der Waals surface area contributed by atoms with Gasteiger partial charge < -0.3 is 5.11 Å². The fraction of sp³-hybridized carbons (Fsp3) is 0.267.